The Hall–Kier alpha value is -0.620. The van der Waals surface area contributed by atoms with Gasteiger partial charge in [0.2, 0.25) is 6.41 Å². The Balaban J connectivity index is 2.06. The van der Waals surface area contributed by atoms with Gasteiger partial charge in [-0.15, -0.1) is 0 Å². The third-order valence-corrected chi connectivity index (χ3v) is 4.01. The summed E-state index contributed by atoms with van der Waals surface area (Å²) in [5, 5.41) is 5.71. The van der Waals surface area contributed by atoms with Crippen LogP contribution in [0.15, 0.2) is 0 Å². The van der Waals surface area contributed by atoms with Gasteiger partial charge in [0, 0.05) is 12.6 Å². The number of hydrogen-bond acceptors (Lipinski definition) is 4. The molecule has 1 fully saturated rings. The van der Waals surface area contributed by atoms with E-state index in [1.807, 2.05) is 0 Å². The third-order valence-electron chi connectivity index (χ3n) is 2.25. The zero-order valence-electron chi connectivity index (χ0n) is 8.03. The predicted octanol–water partition coefficient (Wildman–Crippen LogP) is -1.10. The number of sulfone groups is 1. The lowest BCUT2D eigenvalue weighted by Gasteiger charge is -2.09. The number of rotatable bonds is 6. The van der Waals surface area contributed by atoms with Gasteiger partial charge in [0.1, 0.15) is 0 Å². The maximum Gasteiger partial charge on any atom is 0.207 e. The van der Waals surface area contributed by atoms with Crippen LogP contribution in [-0.2, 0) is 14.6 Å². The Labute approximate surface area is 84.2 Å². The van der Waals surface area contributed by atoms with E-state index in [2.05, 4.69) is 10.6 Å². The second kappa shape index (κ2) is 5.31. The smallest absolute Gasteiger partial charge is 0.207 e. The summed E-state index contributed by atoms with van der Waals surface area (Å²) in [7, 11) is -2.78. The van der Waals surface area contributed by atoms with Gasteiger partial charge in [-0.25, -0.2) is 8.42 Å². The highest BCUT2D eigenvalue weighted by molar-refractivity contribution is 7.91. The van der Waals surface area contributed by atoms with E-state index in [0.29, 0.717) is 25.1 Å². The molecule has 1 saturated heterocycles. The van der Waals surface area contributed by atoms with Crippen molar-refractivity contribution >= 4 is 16.2 Å². The SMILES string of the molecule is O=CNCCCN[C@@H]1CCS(=O)(=O)C1. The van der Waals surface area contributed by atoms with Gasteiger partial charge >= 0.3 is 0 Å². The lowest BCUT2D eigenvalue weighted by molar-refractivity contribution is -0.109. The molecule has 14 heavy (non-hydrogen) atoms. The van der Waals surface area contributed by atoms with E-state index in [1.165, 1.54) is 0 Å². The number of amides is 1. The average molecular weight is 220 g/mol. The minimum atomic E-state index is -2.78. The zero-order chi connectivity index (χ0) is 10.4. The molecule has 0 aromatic heterocycles. The molecule has 0 saturated carbocycles. The molecule has 0 spiro atoms. The van der Waals surface area contributed by atoms with Gasteiger partial charge in [-0.3, -0.25) is 4.79 Å². The van der Waals surface area contributed by atoms with E-state index < -0.39 is 9.84 Å². The van der Waals surface area contributed by atoms with Crippen molar-refractivity contribution < 1.29 is 13.2 Å². The van der Waals surface area contributed by atoms with Gasteiger partial charge < -0.3 is 10.6 Å². The molecule has 0 radical (unpaired) electrons. The molecule has 0 aromatic rings. The highest BCUT2D eigenvalue weighted by Gasteiger charge is 2.26. The number of hydrogen-bond donors (Lipinski definition) is 2. The molecule has 1 atom stereocenters. The van der Waals surface area contributed by atoms with Gasteiger partial charge in [-0.2, -0.15) is 0 Å². The van der Waals surface area contributed by atoms with E-state index in [-0.39, 0.29) is 11.8 Å². The first kappa shape index (κ1) is 11.5. The standard InChI is InChI=1S/C8H16N2O3S/c11-7-9-3-1-4-10-8-2-5-14(12,13)6-8/h7-8,10H,1-6H2,(H,9,11)/t8-/m1/s1. The van der Waals surface area contributed by atoms with Crippen molar-refractivity contribution in [3.05, 3.63) is 0 Å². The van der Waals surface area contributed by atoms with Gasteiger partial charge in [0.05, 0.1) is 11.5 Å². The Kier molecular flexibility index (Phi) is 4.34. The van der Waals surface area contributed by atoms with Crippen LogP contribution in [0.25, 0.3) is 0 Å². The topological polar surface area (TPSA) is 75.3 Å². The molecule has 0 bridgehead atoms. The van der Waals surface area contributed by atoms with Crippen molar-refractivity contribution in [2.75, 3.05) is 24.6 Å². The fourth-order valence-electron chi connectivity index (χ4n) is 1.51. The van der Waals surface area contributed by atoms with Crippen LogP contribution in [0.1, 0.15) is 12.8 Å². The summed E-state index contributed by atoms with van der Waals surface area (Å²) in [5.74, 6) is 0.561. The molecule has 5 nitrogen and oxygen atoms in total. The first-order chi connectivity index (χ1) is 6.64. The second-order valence-corrected chi connectivity index (χ2v) is 5.71. The molecular weight excluding hydrogens is 204 g/mol. The Morgan fingerprint density at radius 2 is 2.14 bits per heavy atom. The van der Waals surface area contributed by atoms with Crippen LogP contribution in [0.4, 0.5) is 0 Å². The Morgan fingerprint density at radius 3 is 2.71 bits per heavy atom. The molecule has 2 N–H and O–H groups in total. The molecule has 1 heterocycles. The number of carbonyl (C=O) groups excluding carboxylic acids is 1. The summed E-state index contributed by atoms with van der Waals surface area (Å²) < 4.78 is 22.2. The molecule has 0 unspecified atom stereocenters. The fraction of sp³-hybridized carbons (Fsp3) is 0.875. The van der Waals surface area contributed by atoms with E-state index in [9.17, 15) is 13.2 Å². The van der Waals surface area contributed by atoms with E-state index in [0.717, 1.165) is 13.0 Å². The third kappa shape index (κ3) is 4.06. The summed E-state index contributed by atoms with van der Waals surface area (Å²) in [6, 6.07) is 0.108. The average Bonchev–Trinajstić information content (AvgIpc) is 2.45. The molecule has 1 rings (SSSR count). The van der Waals surface area contributed by atoms with Crippen LogP contribution < -0.4 is 10.6 Å². The minimum absolute atomic E-state index is 0.108. The maximum absolute atomic E-state index is 11.1. The van der Waals surface area contributed by atoms with E-state index in [1.54, 1.807) is 0 Å². The molecule has 1 amide bonds. The molecular formula is C8H16N2O3S. The van der Waals surface area contributed by atoms with Crippen LogP contribution in [0.3, 0.4) is 0 Å². The maximum atomic E-state index is 11.1. The molecule has 1 aliphatic rings. The highest BCUT2D eigenvalue weighted by atomic mass is 32.2. The minimum Gasteiger partial charge on any atom is -0.359 e. The summed E-state index contributed by atoms with van der Waals surface area (Å²) in [5.41, 5.74) is 0. The zero-order valence-corrected chi connectivity index (χ0v) is 8.85. The summed E-state index contributed by atoms with van der Waals surface area (Å²) in [6.45, 7) is 1.39. The van der Waals surface area contributed by atoms with Crippen molar-refractivity contribution in [2.24, 2.45) is 0 Å². The van der Waals surface area contributed by atoms with Crippen LogP contribution in [0.5, 0.6) is 0 Å². The molecule has 82 valence electrons. The monoisotopic (exact) mass is 220 g/mol. The first-order valence-corrected chi connectivity index (χ1v) is 6.57. The van der Waals surface area contributed by atoms with E-state index >= 15 is 0 Å². The highest BCUT2D eigenvalue weighted by Crippen LogP contribution is 2.10. The van der Waals surface area contributed by atoms with Gasteiger partial charge in [-0.1, -0.05) is 0 Å². The van der Waals surface area contributed by atoms with Crippen molar-refractivity contribution in [2.45, 2.75) is 18.9 Å². The Morgan fingerprint density at radius 1 is 1.36 bits per heavy atom. The molecule has 0 aliphatic carbocycles. The van der Waals surface area contributed by atoms with Crippen LogP contribution in [0, 0.1) is 0 Å². The van der Waals surface area contributed by atoms with Crippen molar-refractivity contribution in [3.63, 3.8) is 0 Å². The van der Waals surface area contributed by atoms with Crippen LogP contribution in [-0.4, -0.2) is 45.5 Å². The lowest BCUT2D eigenvalue weighted by atomic mass is 10.2. The van der Waals surface area contributed by atoms with Gasteiger partial charge in [0.25, 0.3) is 0 Å². The summed E-state index contributed by atoms with van der Waals surface area (Å²) >= 11 is 0. The number of carbonyl (C=O) groups is 1. The second-order valence-electron chi connectivity index (χ2n) is 3.48. The van der Waals surface area contributed by atoms with Gasteiger partial charge in [-0.05, 0) is 19.4 Å². The lowest BCUT2D eigenvalue weighted by Crippen LogP contribution is -2.32. The largest absolute Gasteiger partial charge is 0.359 e. The fourth-order valence-corrected chi connectivity index (χ4v) is 3.22. The normalized spacial score (nSPS) is 24.7. The molecule has 1 aliphatic heterocycles. The van der Waals surface area contributed by atoms with Crippen LogP contribution >= 0.6 is 0 Å². The quantitative estimate of drug-likeness (QED) is 0.440. The molecule has 6 heteroatoms. The van der Waals surface area contributed by atoms with Crippen molar-refractivity contribution in [1.82, 2.24) is 10.6 Å². The van der Waals surface area contributed by atoms with Crippen molar-refractivity contribution in [1.29, 1.82) is 0 Å². The van der Waals surface area contributed by atoms with Crippen molar-refractivity contribution in [3.8, 4) is 0 Å². The summed E-state index contributed by atoms with van der Waals surface area (Å²) in [4.78, 5) is 9.90. The Bertz CT molecular complexity index is 276. The summed E-state index contributed by atoms with van der Waals surface area (Å²) in [6.07, 6.45) is 2.21. The van der Waals surface area contributed by atoms with Gasteiger partial charge in [0.15, 0.2) is 9.84 Å². The first-order valence-electron chi connectivity index (χ1n) is 4.75. The van der Waals surface area contributed by atoms with Crippen LogP contribution in [0.2, 0.25) is 0 Å². The number of nitrogens with one attached hydrogen (secondary N) is 2. The van der Waals surface area contributed by atoms with E-state index in [4.69, 9.17) is 0 Å². The predicted molar refractivity (Wildman–Crippen MR) is 53.7 cm³/mol. The molecule has 0 aromatic carbocycles.